The number of aryl methyl sites for hydroxylation is 1. The zero-order valence-electron chi connectivity index (χ0n) is 11.8. The molecule has 2 nitrogen and oxygen atoms in total. The molecule has 0 spiro atoms. The van der Waals surface area contributed by atoms with E-state index in [0.717, 1.165) is 31.1 Å². The summed E-state index contributed by atoms with van der Waals surface area (Å²) < 4.78 is 0. The average molecular weight is 254 g/mol. The molecule has 0 radical (unpaired) electrons. The fourth-order valence-electron chi connectivity index (χ4n) is 1.82. The maximum Gasteiger partial charge on any atom is 0.0934 e. The smallest absolute Gasteiger partial charge is 0.0934 e. The third kappa shape index (κ3) is 5.17. The van der Waals surface area contributed by atoms with E-state index in [1.54, 1.807) is 11.3 Å². The Morgan fingerprint density at radius 3 is 2.65 bits per heavy atom. The van der Waals surface area contributed by atoms with Gasteiger partial charge < -0.3 is 5.32 Å². The highest BCUT2D eigenvalue weighted by Gasteiger charge is 2.23. The van der Waals surface area contributed by atoms with Gasteiger partial charge in [0.15, 0.2) is 0 Å². The molecule has 0 saturated heterocycles. The zero-order chi connectivity index (χ0) is 12.9. The molecule has 3 heteroatoms. The standard InChI is InChI=1S/C14H26N2S/c1-6-14(5,10-15-8-11(2)3)7-13-16-12(4)9-17-13/h9,11,15H,6-8,10H2,1-5H3. The van der Waals surface area contributed by atoms with Crippen LogP contribution in [0.5, 0.6) is 0 Å². The Bertz CT molecular complexity index is 333. The first-order chi connectivity index (χ1) is 7.95. The summed E-state index contributed by atoms with van der Waals surface area (Å²) in [4.78, 5) is 4.58. The van der Waals surface area contributed by atoms with Crippen molar-refractivity contribution in [1.82, 2.24) is 10.3 Å². The van der Waals surface area contributed by atoms with Crippen molar-refractivity contribution in [2.24, 2.45) is 11.3 Å². The van der Waals surface area contributed by atoms with Gasteiger partial charge >= 0.3 is 0 Å². The molecule has 1 heterocycles. The molecule has 0 amide bonds. The van der Waals surface area contributed by atoms with Crippen LogP contribution >= 0.6 is 11.3 Å². The molecule has 17 heavy (non-hydrogen) atoms. The van der Waals surface area contributed by atoms with Crippen LogP contribution in [-0.2, 0) is 6.42 Å². The van der Waals surface area contributed by atoms with Crippen LogP contribution in [0.15, 0.2) is 5.38 Å². The number of hydrogen-bond acceptors (Lipinski definition) is 3. The number of rotatable bonds is 7. The molecular formula is C14H26N2S. The van der Waals surface area contributed by atoms with Gasteiger partial charge in [-0.2, -0.15) is 0 Å². The molecule has 0 aliphatic rings. The molecule has 1 N–H and O–H groups in total. The maximum atomic E-state index is 4.58. The van der Waals surface area contributed by atoms with Crippen LogP contribution in [0.25, 0.3) is 0 Å². The first kappa shape index (κ1) is 14.7. The number of nitrogens with one attached hydrogen (secondary N) is 1. The number of hydrogen-bond donors (Lipinski definition) is 1. The minimum Gasteiger partial charge on any atom is -0.316 e. The summed E-state index contributed by atoms with van der Waals surface area (Å²) in [6, 6.07) is 0. The van der Waals surface area contributed by atoms with Crippen molar-refractivity contribution in [2.45, 2.75) is 47.5 Å². The van der Waals surface area contributed by atoms with Crippen molar-refractivity contribution < 1.29 is 0 Å². The second kappa shape index (κ2) is 6.50. The summed E-state index contributed by atoms with van der Waals surface area (Å²) in [6.45, 7) is 13.4. The van der Waals surface area contributed by atoms with Crippen LogP contribution in [0.3, 0.4) is 0 Å². The highest BCUT2D eigenvalue weighted by molar-refractivity contribution is 7.09. The lowest BCUT2D eigenvalue weighted by Crippen LogP contribution is -2.35. The monoisotopic (exact) mass is 254 g/mol. The molecular weight excluding hydrogens is 228 g/mol. The molecule has 0 aliphatic carbocycles. The van der Waals surface area contributed by atoms with Gasteiger partial charge in [0.1, 0.15) is 0 Å². The molecule has 0 bridgehead atoms. The van der Waals surface area contributed by atoms with Gasteiger partial charge in [-0.05, 0) is 31.2 Å². The molecule has 0 aromatic carbocycles. The minimum atomic E-state index is 0.333. The summed E-state index contributed by atoms with van der Waals surface area (Å²) in [6.07, 6.45) is 2.28. The van der Waals surface area contributed by atoms with Crippen LogP contribution in [0, 0.1) is 18.3 Å². The van der Waals surface area contributed by atoms with E-state index in [2.05, 4.69) is 50.3 Å². The first-order valence-electron chi connectivity index (χ1n) is 6.57. The number of nitrogens with zero attached hydrogens (tertiary/aromatic N) is 1. The second-order valence-corrected chi connectivity index (χ2v) is 6.69. The number of thiazole rings is 1. The molecule has 1 aromatic rings. The Kier molecular flexibility index (Phi) is 5.60. The molecule has 1 atom stereocenters. The second-order valence-electron chi connectivity index (χ2n) is 5.75. The van der Waals surface area contributed by atoms with E-state index in [-0.39, 0.29) is 0 Å². The molecule has 98 valence electrons. The normalized spacial score (nSPS) is 15.2. The van der Waals surface area contributed by atoms with Crippen molar-refractivity contribution in [2.75, 3.05) is 13.1 Å². The van der Waals surface area contributed by atoms with E-state index >= 15 is 0 Å². The van der Waals surface area contributed by atoms with Gasteiger partial charge in [0.05, 0.1) is 5.01 Å². The van der Waals surface area contributed by atoms with Gasteiger partial charge in [0.25, 0.3) is 0 Å². The lowest BCUT2D eigenvalue weighted by atomic mass is 9.84. The number of aromatic nitrogens is 1. The predicted octanol–water partition coefficient (Wildman–Crippen LogP) is 3.66. The van der Waals surface area contributed by atoms with Crippen LogP contribution in [-0.4, -0.2) is 18.1 Å². The predicted molar refractivity (Wildman–Crippen MR) is 76.7 cm³/mol. The lowest BCUT2D eigenvalue weighted by Gasteiger charge is -2.28. The van der Waals surface area contributed by atoms with Crippen LogP contribution in [0.4, 0.5) is 0 Å². The van der Waals surface area contributed by atoms with Gasteiger partial charge in [0, 0.05) is 24.0 Å². The van der Waals surface area contributed by atoms with Gasteiger partial charge in [-0.15, -0.1) is 11.3 Å². The summed E-state index contributed by atoms with van der Waals surface area (Å²) in [5.74, 6) is 0.721. The maximum absolute atomic E-state index is 4.58. The van der Waals surface area contributed by atoms with Crippen LogP contribution in [0.1, 0.15) is 44.8 Å². The fourth-order valence-corrected chi connectivity index (χ4v) is 2.81. The third-order valence-electron chi connectivity index (χ3n) is 3.20. The Hall–Kier alpha value is -0.410. The zero-order valence-corrected chi connectivity index (χ0v) is 12.7. The molecule has 1 rings (SSSR count). The summed E-state index contributed by atoms with van der Waals surface area (Å²) in [7, 11) is 0. The highest BCUT2D eigenvalue weighted by Crippen LogP contribution is 2.27. The van der Waals surface area contributed by atoms with E-state index < -0.39 is 0 Å². The van der Waals surface area contributed by atoms with E-state index in [0.29, 0.717) is 5.41 Å². The van der Waals surface area contributed by atoms with E-state index in [9.17, 15) is 0 Å². The van der Waals surface area contributed by atoms with Gasteiger partial charge in [0.2, 0.25) is 0 Å². The van der Waals surface area contributed by atoms with Gasteiger partial charge in [-0.25, -0.2) is 4.98 Å². The first-order valence-corrected chi connectivity index (χ1v) is 7.45. The van der Waals surface area contributed by atoms with E-state index in [1.165, 1.54) is 11.4 Å². The molecule has 0 saturated carbocycles. The Morgan fingerprint density at radius 1 is 1.47 bits per heavy atom. The Labute approximate surface area is 110 Å². The SMILES string of the molecule is CCC(C)(CNCC(C)C)Cc1nc(C)cs1. The van der Waals surface area contributed by atoms with Crippen LogP contribution in [0.2, 0.25) is 0 Å². The van der Waals surface area contributed by atoms with Crippen molar-refractivity contribution >= 4 is 11.3 Å². The molecule has 0 fully saturated rings. The topological polar surface area (TPSA) is 24.9 Å². The fraction of sp³-hybridized carbons (Fsp3) is 0.786. The summed E-state index contributed by atoms with van der Waals surface area (Å²) in [5, 5.41) is 7.00. The quantitative estimate of drug-likeness (QED) is 0.803. The van der Waals surface area contributed by atoms with E-state index in [1.807, 2.05) is 0 Å². The van der Waals surface area contributed by atoms with E-state index in [4.69, 9.17) is 0 Å². The summed E-state index contributed by atoms with van der Waals surface area (Å²) >= 11 is 1.79. The lowest BCUT2D eigenvalue weighted by molar-refractivity contribution is 0.285. The summed E-state index contributed by atoms with van der Waals surface area (Å²) in [5.41, 5.74) is 1.48. The highest BCUT2D eigenvalue weighted by atomic mass is 32.1. The Morgan fingerprint density at radius 2 is 2.18 bits per heavy atom. The van der Waals surface area contributed by atoms with Crippen molar-refractivity contribution in [3.8, 4) is 0 Å². The third-order valence-corrected chi connectivity index (χ3v) is 4.17. The van der Waals surface area contributed by atoms with Gasteiger partial charge in [-0.1, -0.05) is 27.7 Å². The minimum absolute atomic E-state index is 0.333. The Balaban J connectivity index is 2.50. The largest absolute Gasteiger partial charge is 0.316 e. The van der Waals surface area contributed by atoms with Crippen LogP contribution < -0.4 is 5.32 Å². The van der Waals surface area contributed by atoms with Crippen molar-refractivity contribution in [3.05, 3.63) is 16.1 Å². The molecule has 0 aliphatic heterocycles. The van der Waals surface area contributed by atoms with Crippen molar-refractivity contribution in [3.63, 3.8) is 0 Å². The molecule has 1 aromatic heterocycles. The average Bonchev–Trinajstić information content (AvgIpc) is 2.63. The van der Waals surface area contributed by atoms with Gasteiger partial charge in [-0.3, -0.25) is 0 Å². The molecule has 1 unspecified atom stereocenters. The van der Waals surface area contributed by atoms with Crippen molar-refractivity contribution in [1.29, 1.82) is 0 Å².